The number of hydrogen-bond acceptors (Lipinski definition) is 5. The van der Waals surface area contributed by atoms with Gasteiger partial charge in [-0.1, -0.05) is 0 Å². The lowest BCUT2D eigenvalue weighted by molar-refractivity contribution is -0.121. The number of nitrogens with zero attached hydrogens (tertiary/aromatic N) is 3. The van der Waals surface area contributed by atoms with Crippen LogP contribution >= 0.6 is 0 Å². The molecule has 1 fully saturated rings. The summed E-state index contributed by atoms with van der Waals surface area (Å²) in [5, 5.41) is 3.40. The Hall–Kier alpha value is -3.42. The number of hydrogen-bond donors (Lipinski definition) is 1. The molecular formula is C24H28N4O4. The normalized spacial score (nSPS) is 18.5. The van der Waals surface area contributed by atoms with Crippen LogP contribution in [0.2, 0.25) is 0 Å². The molecule has 1 amide bonds. The maximum Gasteiger partial charge on any atom is 0.331 e. The number of amides is 1. The van der Waals surface area contributed by atoms with Crippen molar-refractivity contribution in [3.63, 3.8) is 0 Å². The van der Waals surface area contributed by atoms with Crippen LogP contribution in [0.15, 0.2) is 46.1 Å². The molecule has 0 radical (unpaired) electrons. The SMILES string of the molecule is COc1ccc2c(c1)c(=O)n(C[C@H]1CC[C@H](C(=O)Nc3ccc(C)nc3)CC1)c(=O)n2C. The molecular weight excluding hydrogens is 408 g/mol. The highest BCUT2D eigenvalue weighted by Crippen LogP contribution is 2.30. The van der Waals surface area contributed by atoms with Crippen molar-refractivity contribution in [2.45, 2.75) is 39.2 Å². The lowest BCUT2D eigenvalue weighted by atomic mass is 9.81. The number of aromatic nitrogens is 3. The van der Waals surface area contributed by atoms with Crippen LogP contribution in [0.4, 0.5) is 5.69 Å². The largest absolute Gasteiger partial charge is 0.497 e. The van der Waals surface area contributed by atoms with Gasteiger partial charge >= 0.3 is 5.69 Å². The number of pyridine rings is 1. The Bertz CT molecular complexity index is 1250. The van der Waals surface area contributed by atoms with Gasteiger partial charge in [0.1, 0.15) is 5.75 Å². The van der Waals surface area contributed by atoms with Crippen LogP contribution in [-0.2, 0) is 18.4 Å². The molecule has 2 aromatic heterocycles. The van der Waals surface area contributed by atoms with Crippen molar-refractivity contribution in [3.05, 3.63) is 63.1 Å². The fourth-order valence-corrected chi connectivity index (χ4v) is 4.43. The highest BCUT2D eigenvalue weighted by atomic mass is 16.5. The van der Waals surface area contributed by atoms with E-state index in [1.165, 1.54) is 9.13 Å². The van der Waals surface area contributed by atoms with Crippen molar-refractivity contribution in [2.75, 3.05) is 12.4 Å². The zero-order valence-corrected chi connectivity index (χ0v) is 18.6. The van der Waals surface area contributed by atoms with Crippen molar-refractivity contribution in [3.8, 4) is 5.75 Å². The van der Waals surface area contributed by atoms with Crippen LogP contribution in [-0.4, -0.2) is 27.1 Å². The summed E-state index contributed by atoms with van der Waals surface area (Å²) in [4.78, 5) is 42.7. The molecule has 1 N–H and O–H groups in total. The van der Waals surface area contributed by atoms with Crippen molar-refractivity contribution < 1.29 is 9.53 Å². The number of fused-ring (bicyclic) bond motifs is 1. The van der Waals surface area contributed by atoms with Crippen molar-refractivity contribution in [2.24, 2.45) is 18.9 Å². The van der Waals surface area contributed by atoms with Gasteiger partial charge in [0.25, 0.3) is 5.56 Å². The van der Waals surface area contributed by atoms with E-state index in [9.17, 15) is 14.4 Å². The summed E-state index contributed by atoms with van der Waals surface area (Å²) in [6.45, 7) is 2.26. The van der Waals surface area contributed by atoms with E-state index >= 15 is 0 Å². The Labute approximate surface area is 185 Å². The number of carbonyl (C=O) groups excluding carboxylic acids is 1. The van der Waals surface area contributed by atoms with Gasteiger partial charge in [-0.2, -0.15) is 0 Å². The quantitative estimate of drug-likeness (QED) is 0.664. The number of anilines is 1. The predicted molar refractivity (Wildman–Crippen MR) is 123 cm³/mol. The van der Waals surface area contributed by atoms with E-state index < -0.39 is 0 Å². The number of carbonyl (C=O) groups is 1. The van der Waals surface area contributed by atoms with E-state index in [2.05, 4.69) is 10.3 Å². The lowest BCUT2D eigenvalue weighted by Gasteiger charge is -2.28. The molecule has 0 saturated heterocycles. The average molecular weight is 437 g/mol. The number of benzene rings is 1. The minimum atomic E-state index is -0.320. The third kappa shape index (κ3) is 4.30. The van der Waals surface area contributed by atoms with E-state index in [1.807, 2.05) is 19.1 Å². The first kappa shape index (κ1) is 21.8. The van der Waals surface area contributed by atoms with Crippen molar-refractivity contribution in [1.29, 1.82) is 0 Å². The van der Waals surface area contributed by atoms with Gasteiger partial charge in [0.2, 0.25) is 5.91 Å². The summed E-state index contributed by atoms with van der Waals surface area (Å²) in [6, 6.07) is 8.86. The van der Waals surface area contributed by atoms with Gasteiger partial charge in [-0.25, -0.2) is 4.79 Å². The highest BCUT2D eigenvalue weighted by molar-refractivity contribution is 5.92. The first-order chi connectivity index (χ1) is 15.4. The second-order valence-corrected chi connectivity index (χ2v) is 8.54. The lowest BCUT2D eigenvalue weighted by Crippen LogP contribution is -2.41. The molecule has 0 bridgehead atoms. The molecule has 3 aromatic rings. The summed E-state index contributed by atoms with van der Waals surface area (Å²) < 4.78 is 8.07. The van der Waals surface area contributed by atoms with E-state index in [4.69, 9.17) is 4.74 Å². The van der Waals surface area contributed by atoms with E-state index in [-0.39, 0.29) is 29.0 Å². The summed E-state index contributed by atoms with van der Waals surface area (Å²) in [5.74, 6) is 0.677. The Kier molecular flexibility index (Phi) is 6.12. The molecule has 0 atom stereocenters. The van der Waals surface area contributed by atoms with Gasteiger partial charge in [-0.05, 0) is 68.9 Å². The molecule has 0 unspecified atom stereocenters. The highest BCUT2D eigenvalue weighted by Gasteiger charge is 2.27. The third-order valence-corrected chi connectivity index (χ3v) is 6.40. The summed E-state index contributed by atoms with van der Waals surface area (Å²) in [5.41, 5.74) is 1.57. The third-order valence-electron chi connectivity index (χ3n) is 6.40. The number of ether oxygens (including phenoxy) is 1. The molecule has 2 heterocycles. The standard InChI is InChI=1S/C24H28N4O4/c1-15-4-9-18(13-25-15)26-22(29)17-7-5-16(6-8-17)14-28-23(30)20-12-19(32-3)10-11-21(20)27(2)24(28)31/h4,9-13,16-17H,5-8,14H2,1-3H3,(H,26,29)/t16-,17-. The van der Waals surface area contributed by atoms with Gasteiger partial charge in [-0.15, -0.1) is 0 Å². The summed E-state index contributed by atoms with van der Waals surface area (Å²) in [6.07, 6.45) is 4.69. The fourth-order valence-electron chi connectivity index (χ4n) is 4.43. The Morgan fingerprint density at radius 3 is 2.56 bits per heavy atom. The van der Waals surface area contributed by atoms with E-state index in [0.29, 0.717) is 28.9 Å². The first-order valence-corrected chi connectivity index (χ1v) is 10.9. The van der Waals surface area contributed by atoms with Gasteiger partial charge in [0.15, 0.2) is 0 Å². The summed E-state index contributed by atoms with van der Waals surface area (Å²) >= 11 is 0. The molecule has 8 heteroatoms. The van der Waals surface area contributed by atoms with E-state index in [1.54, 1.807) is 38.6 Å². The predicted octanol–water partition coefficient (Wildman–Crippen LogP) is 2.86. The molecule has 168 valence electrons. The average Bonchev–Trinajstić information content (AvgIpc) is 2.81. The van der Waals surface area contributed by atoms with Crippen LogP contribution in [0.5, 0.6) is 5.75 Å². The molecule has 8 nitrogen and oxygen atoms in total. The Morgan fingerprint density at radius 1 is 1.16 bits per heavy atom. The fraction of sp³-hybridized carbons (Fsp3) is 0.417. The maximum absolute atomic E-state index is 13.1. The van der Waals surface area contributed by atoms with Crippen LogP contribution in [0.1, 0.15) is 31.4 Å². The molecule has 0 aliphatic heterocycles. The van der Waals surface area contributed by atoms with Crippen molar-refractivity contribution >= 4 is 22.5 Å². The van der Waals surface area contributed by atoms with Crippen LogP contribution in [0, 0.1) is 18.8 Å². The zero-order valence-electron chi connectivity index (χ0n) is 18.6. The maximum atomic E-state index is 13.1. The topological polar surface area (TPSA) is 95.2 Å². The Balaban J connectivity index is 1.46. The molecule has 0 spiro atoms. The van der Waals surface area contributed by atoms with Gasteiger partial charge < -0.3 is 10.1 Å². The van der Waals surface area contributed by atoms with Gasteiger partial charge in [0.05, 0.1) is 29.9 Å². The zero-order chi connectivity index (χ0) is 22.8. The van der Waals surface area contributed by atoms with Crippen LogP contribution < -0.4 is 21.3 Å². The number of methoxy groups -OCH3 is 1. The smallest absolute Gasteiger partial charge is 0.331 e. The summed E-state index contributed by atoms with van der Waals surface area (Å²) in [7, 11) is 3.22. The van der Waals surface area contributed by atoms with Crippen molar-refractivity contribution in [1.82, 2.24) is 14.1 Å². The molecule has 1 aliphatic rings. The minimum Gasteiger partial charge on any atom is -0.497 e. The first-order valence-electron chi connectivity index (χ1n) is 10.9. The number of nitrogens with one attached hydrogen (secondary N) is 1. The van der Waals surface area contributed by atoms with Gasteiger partial charge in [0, 0.05) is 25.2 Å². The molecule has 32 heavy (non-hydrogen) atoms. The number of rotatable bonds is 5. The second kappa shape index (κ2) is 8.98. The second-order valence-electron chi connectivity index (χ2n) is 8.54. The molecule has 4 rings (SSSR count). The molecule has 1 saturated carbocycles. The Morgan fingerprint density at radius 2 is 1.91 bits per heavy atom. The molecule has 1 aromatic carbocycles. The molecule has 1 aliphatic carbocycles. The monoisotopic (exact) mass is 436 g/mol. The van der Waals surface area contributed by atoms with Gasteiger partial charge in [-0.3, -0.25) is 23.7 Å². The van der Waals surface area contributed by atoms with E-state index in [0.717, 1.165) is 31.4 Å². The number of aryl methyl sites for hydroxylation is 2. The van der Waals surface area contributed by atoms with Crippen LogP contribution in [0.3, 0.4) is 0 Å². The minimum absolute atomic E-state index is 0.0000147. The van der Waals surface area contributed by atoms with Crippen LogP contribution in [0.25, 0.3) is 10.9 Å².